The van der Waals surface area contributed by atoms with Gasteiger partial charge in [-0.3, -0.25) is 4.79 Å². The zero-order valence-electron chi connectivity index (χ0n) is 13.6. The molecule has 0 spiro atoms. The van der Waals surface area contributed by atoms with Gasteiger partial charge in [0, 0.05) is 0 Å². The largest absolute Gasteiger partial charge is 0.302 e. The van der Waals surface area contributed by atoms with Crippen LogP contribution in [-0.4, -0.2) is 10.9 Å². The van der Waals surface area contributed by atoms with E-state index >= 15 is 0 Å². The predicted molar refractivity (Wildman–Crippen MR) is 97.2 cm³/mol. The normalized spacial score (nSPS) is 10.9. The first-order valence-electron chi connectivity index (χ1n) is 7.80. The molecule has 1 heterocycles. The smallest absolute Gasteiger partial charge is 0.230 e. The number of benzene rings is 2. The number of nitrogens with one attached hydrogen (secondary N) is 1. The summed E-state index contributed by atoms with van der Waals surface area (Å²) < 4.78 is 1.11. The van der Waals surface area contributed by atoms with Crippen LogP contribution >= 0.6 is 11.3 Å². The van der Waals surface area contributed by atoms with Crippen LogP contribution in [0.15, 0.2) is 36.4 Å². The average Bonchev–Trinajstić information content (AvgIpc) is 2.89. The molecule has 0 aliphatic heterocycles. The number of hydrogen-bond donors (Lipinski definition) is 1. The third kappa shape index (κ3) is 3.59. The number of amides is 1. The number of fused-ring (bicyclic) bond motifs is 1. The van der Waals surface area contributed by atoms with Gasteiger partial charge in [0.2, 0.25) is 5.91 Å². The standard InChI is InChI=1S/C19H20N2OS/c1-4-14-5-7-15(8-6-14)11-18(22)21-19-20-16-9-12(2)13(3)10-17(16)23-19/h5-10H,4,11H2,1-3H3,(H,20,21,22). The SMILES string of the molecule is CCc1ccc(CC(=O)Nc2nc3cc(C)c(C)cc3s2)cc1. The Hall–Kier alpha value is -2.20. The highest BCUT2D eigenvalue weighted by Crippen LogP contribution is 2.28. The zero-order valence-corrected chi connectivity index (χ0v) is 14.5. The fourth-order valence-corrected chi connectivity index (χ4v) is 3.44. The fraction of sp³-hybridized carbons (Fsp3) is 0.263. The summed E-state index contributed by atoms with van der Waals surface area (Å²) >= 11 is 1.52. The lowest BCUT2D eigenvalue weighted by atomic mass is 10.1. The number of aromatic nitrogens is 1. The first kappa shape index (κ1) is 15.7. The van der Waals surface area contributed by atoms with Crippen molar-refractivity contribution in [1.82, 2.24) is 4.98 Å². The number of nitrogens with zero attached hydrogens (tertiary/aromatic N) is 1. The molecule has 0 saturated heterocycles. The first-order valence-corrected chi connectivity index (χ1v) is 8.62. The van der Waals surface area contributed by atoms with Crippen molar-refractivity contribution in [3.8, 4) is 0 Å². The van der Waals surface area contributed by atoms with Crippen LogP contribution in [0.4, 0.5) is 5.13 Å². The highest BCUT2D eigenvalue weighted by atomic mass is 32.1. The molecular formula is C19H20N2OS. The molecule has 118 valence electrons. The summed E-state index contributed by atoms with van der Waals surface area (Å²) in [5.74, 6) is -0.0262. The molecule has 0 unspecified atom stereocenters. The van der Waals surface area contributed by atoms with E-state index < -0.39 is 0 Å². The lowest BCUT2D eigenvalue weighted by Crippen LogP contribution is -2.14. The van der Waals surface area contributed by atoms with Crippen LogP contribution < -0.4 is 5.32 Å². The van der Waals surface area contributed by atoms with Crippen molar-refractivity contribution in [3.63, 3.8) is 0 Å². The maximum absolute atomic E-state index is 12.2. The second kappa shape index (κ2) is 6.50. The number of anilines is 1. The van der Waals surface area contributed by atoms with Gasteiger partial charge >= 0.3 is 0 Å². The van der Waals surface area contributed by atoms with E-state index in [-0.39, 0.29) is 5.91 Å². The Morgan fingerprint density at radius 2 is 1.74 bits per heavy atom. The van der Waals surface area contributed by atoms with Gasteiger partial charge in [-0.05, 0) is 54.7 Å². The lowest BCUT2D eigenvalue weighted by molar-refractivity contribution is -0.115. The summed E-state index contributed by atoms with van der Waals surface area (Å²) in [6.07, 6.45) is 1.38. The van der Waals surface area contributed by atoms with Gasteiger partial charge in [-0.25, -0.2) is 4.98 Å². The molecule has 3 rings (SSSR count). The third-order valence-electron chi connectivity index (χ3n) is 4.05. The van der Waals surface area contributed by atoms with Crippen LogP contribution in [0.2, 0.25) is 0 Å². The van der Waals surface area contributed by atoms with Crippen molar-refractivity contribution in [2.45, 2.75) is 33.6 Å². The van der Waals surface area contributed by atoms with E-state index in [9.17, 15) is 4.79 Å². The van der Waals surface area contributed by atoms with E-state index in [0.717, 1.165) is 22.2 Å². The van der Waals surface area contributed by atoms with Gasteiger partial charge in [-0.1, -0.05) is 42.5 Å². The molecule has 1 amide bonds. The summed E-state index contributed by atoms with van der Waals surface area (Å²) in [6, 6.07) is 12.4. The Bertz CT molecular complexity index is 811. The number of carbonyl (C=O) groups is 1. The van der Waals surface area contributed by atoms with Crippen molar-refractivity contribution in [2.75, 3.05) is 5.32 Å². The highest BCUT2D eigenvalue weighted by Gasteiger charge is 2.09. The molecule has 2 aromatic carbocycles. The number of rotatable bonds is 4. The number of aryl methyl sites for hydroxylation is 3. The van der Waals surface area contributed by atoms with Gasteiger partial charge in [-0.15, -0.1) is 0 Å². The van der Waals surface area contributed by atoms with E-state index in [1.165, 1.54) is 28.0 Å². The van der Waals surface area contributed by atoms with E-state index in [2.05, 4.69) is 55.3 Å². The monoisotopic (exact) mass is 324 g/mol. The molecular weight excluding hydrogens is 304 g/mol. The number of carbonyl (C=O) groups excluding carboxylic acids is 1. The van der Waals surface area contributed by atoms with Crippen LogP contribution in [0.25, 0.3) is 10.2 Å². The van der Waals surface area contributed by atoms with Crippen molar-refractivity contribution < 1.29 is 4.79 Å². The second-order valence-corrected chi connectivity index (χ2v) is 6.85. The molecule has 23 heavy (non-hydrogen) atoms. The summed E-state index contributed by atoms with van der Waals surface area (Å²) in [5, 5.41) is 3.58. The molecule has 0 saturated carbocycles. The fourth-order valence-electron chi connectivity index (χ4n) is 2.48. The minimum Gasteiger partial charge on any atom is -0.302 e. The Morgan fingerprint density at radius 1 is 1.09 bits per heavy atom. The third-order valence-corrected chi connectivity index (χ3v) is 4.98. The van der Waals surface area contributed by atoms with Crippen molar-refractivity contribution in [2.24, 2.45) is 0 Å². The molecule has 0 radical (unpaired) electrons. The summed E-state index contributed by atoms with van der Waals surface area (Å²) in [4.78, 5) is 16.7. The Kier molecular flexibility index (Phi) is 4.44. The zero-order chi connectivity index (χ0) is 16.4. The number of thiazole rings is 1. The topological polar surface area (TPSA) is 42.0 Å². The maximum atomic E-state index is 12.2. The van der Waals surface area contributed by atoms with E-state index in [1.54, 1.807) is 0 Å². The lowest BCUT2D eigenvalue weighted by Gasteiger charge is -2.03. The van der Waals surface area contributed by atoms with Crippen LogP contribution in [0.1, 0.15) is 29.2 Å². The van der Waals surface area contributed by atoms with Gasteiger partial charge < -0.3 is 5.32 Å². The van der Waals surface area contributed by atoms with Crippen LogP contribution in [0.5, 0.6) is 0 Å². The summed E-state index contributed by atoms with van der Waals surface area (Å²) in [6.45, 7) is 6.29. The van der Waals surface area contributed by atoms with E-state index in [1.807, 2.05) is 12.1 Å². The van der Waals surface area contributed by atoms with Crippen LogP contribution in [-0.2, 0) is 17.6 Å². The maximum Gasteiger partial charge on any atom is 0.230 e. The van der Waals surface area contributed by atoms with Crippen molar-refractivity contribution in [1.29, 1.82) is 0 Å². The van der Waals surface area contributed by atoms with Crippen molar-refractivity contribution >= 4 is 32.6 Å². The molecule has 0 aliphatic rings. The summed E-state index contributed by atoms with van der Waals surface area (Å²) in [7, 11) is 0. The molecule has 0 aliphatic carbocycles. The van der Waals surface area contributed by atoms with Gasteiger partial charge in [0.25, 0.3) is 0 Å². The van der Waals surface area contributed by atoms with Gasteiger partial charge in [0.15, 0.2) is 5.13 Å². The van der Waals surface area contributed by atoms with Gasteiger partial charge in [0.05, 0.1) is 16.6 Å². The van der Waals surface area contributed by atoms with Gasteiger partial charge in [-0.2, -0.15) is 0 Å². The minimum absolute atomic E-state index is 0.0262. The first-order chi connectivity index (χ1) is 11.0. The molecule has 1 N–H and O–H groups in total. The molecule has 0 fully saturated rings. The molecule has 1 aromatic heterocycles. The van der Waals surface area contributed by atoms with Crippen LogP contribution in [0, 0.1) is 13.8 Å². The molecule has 0 bridgehead atoms. The van der Waals surface area contributed by atoms with Gasteiger partial charge in [0.1, 0.15) is 0 Å². The molecule has 3 nitrogen and oxygen atoms in total. The van der Waals surface area contributed by atoms with Crippen molar-refractivity contribution in [3.05, 3.63) is 58.7 Å². The minimum atomic E-state index is -0.0262. The van der Waals surface area contributed by atoms with E-state index in [0.29, 0.717) is 11.6 Å². The Labute approximate surface area is 140 Å². The molecule has 0 atom stereocenters. The second-order valence-electron chi connectivity index (χ2n) is 5.82. The van der Waals surface area contributed by atoms with Crippen LogP contribution in [0.3, 0.4) is 0 Å². The predicted octanol–water partition coefficient (Wildman–Crippen LogP) is 4.66. The van der Waals surface area contributed by atoms with E-state index in [4.69, 9.17) is 0 Å². The molecule has 3 aromatic rings. The quantitative estimate of drug-likeness (QED) is 0.758. The average molecular weight is 324 g/mol. The summed E-state index contributed by atoms with van der Waals surface area (Å²) in [5.41, 5.74) is 5.71. The highest BCUT2D eigenvalue weighted by molar-refractivity contribution is 7.22. The Balaban J connectivity index is 1.71. The molecule has 4 heteroatoms. The Morgan fingerprint density at radius 3 is 2.43 bits per heavy atom. The number of hydrogen-bond acceptors (Lipinski definition) is 3.